The van der Waals surface area contributed by atoms with Gasteiger partial charge in [0.2, 0.25) is 0 Å². The first-order valence-corrected chi connectivity index (χ1v) is 18.9. The molecule has 2 aliphatic rings. The highest BCUT2D eigenvalue weighted by Gasteiger charge is 2.51. The number of hydrogen-bond acceptors (Lipinski definition) is 2. The summed E-state index contributed by atoms with van der Waals surface area (Å²) in [6.07, 6.45) is 0. The summed E-state index contributed by atoms with van der Waals surface area (Å²) < 4.78 is 6.85. The zero-order valence-electron chi connectivity index (χ0n) is 30.1. The minimum Gasteiger partial charge on any atom is -0.457 e. The SMILES string of the molecule is c1ccc(-c2ccc(N(c3ccc4c(c3)C3(c5ccccc5Oc5cc(-c6ccccc6)ccc53)c3ccccc3-4)c3ccc4ccccc4c3)cc2)cc1. The highest BCUT2D eigenvalue weighted by atomic mass is 16.5. The van der Waals surface area contributed by atoms with Crippen molar-refractivity contribution in [2.24, 2.45) is 0 Å². The van der Waals surface area contributed by atoms with Gasteiger partial charge < -0.3 is 9.64 Å². The van der Waals surface area contributed by atoms with Gasteiger partial charge >= 0.3 is 0 Å². The van der Waals surface area contributed by atoms with Crippen LogP contribution in [0.4, 0.5) is 17.1 Å². The van der Waals surface area contributed by atoms with E-state index >= 15 is 0 Å². The molecule has 1 heterocycles. The third-order valence-electron chi connectivity index (χ3n) is 11.5. The number of hydrogen-bond donors (Lipinski definition) is 0. The molecule has 1 aliphatic heterocycles. The summed E-state index contributed by atoms with van der Waals surface area (Å²) >= 11 is 0. The second-order valence-corrected chi connectivity index (χ2v) is 14.5. The predicted molar refractivity (Wildman–Crippen MR) is 227 cm³/mol. The van der Waals surface area contributed by atoms with Gasteiger partial charge in [-0.3, -0.25) is 0 Å². The van der Waals surface area contributed by atoms with Gasteiger partial charge in [-0.1, -0.05) is 164 Å². The minimum atomic E-state index is -0.590. The van der Waals surface area contributed by atoms with Crippen LogP contribution >= 0.6 is 0 Å². The maximum absolute atomic E-state index is 6.85. The molecule has 0 radical (unpaired) electrons. The van der Waals surface area contributed by atoms with E-state index < -0.39 is 5.41 Å². The van der Waals surface area contributed by atoms with E-state index in [4.69, 9.17) is 4.74 Å². The van der Waals surface area contributed by atoms with Crippen LogP contribution in [-0.2, 0) is 5.41 Å². The fourth-order valence-corrected chi connectivity index (χ4v) is 9.04. The van der Waals surface area contributed by atoms with Crippen molar-refractivity contribution < 1.29 is 4.74 Å². The molecule has 0 saturated heterocycles. The lowest BCUT2D eigenvalue weighted by Gasteiger charge is -2.40. The van der Waals surface area contributed by atoms with Gasteiger partial charge in [0.15, 0.2) is 0 Å². The van der Waals surface area contributed by atoms with Gasteiger partial charge in [0.1, 0.15) is 11.5 Å². The van der Waals surface area contributed by atoms with E-state index in [0.717, 1.165) is 45.3 Å². The Morgan fingerprint density at radius 2 is 0.855 bits per heavy atom. The number of benzene rings is 9. The van der Waals surface area contributed by atoms with E-state index in [1.165, 1.54) is 49.7 Å². The molecule has 2 heteroatoms. The summed E-state index contributed by atoms with van der Waals surface area (Å²) in [6, 6.07) is 76.9. The second kappa shape index (κ2) is 12.5. The first kappa shape index (κ1) is 31.4. The van der Waals surface area contributed by atoms with Gasteiger partial charge in [0.25, 0.3) is 0 Å². The molecule has 0 aromatic heterocycles. The van der Waals surface area contributed by atoms with Crippen LogP contribution in [0.3, 0.4) is 0 Å². The smallest absolute Gasteiger partial charge is 0.132 e. The third kappa shape index (κ3) is 4.89. The molecular formula is C53H35NO. The molecule has 0 bridgehead atoms. The molecule has 0 fully saturated rings. The molecule has 0 saturated carbocycles. The van der Waals surface area contributed by atoms with Crippen LogP contribution in [0.2, 0.25) is 0 Å². The van der Waals surface area contributed by atoms with Gasteiger partial charge in [-0.15, -0.1) is 0 Å². The van der Waals surface area contributed by atoms with Crippen molar-refractivity contribution in [3.8, 4) is 44.9 Å². The molecule has 1 spiro atoms. The Morgan fingerprint density at radius 1 is 0.309 bits per heavy atom. The van der Waals surface area contributed by atoms with Gasteiger partial charge in [0, 0.05) is 28.2 Å². The molecule has 9 aromatic carbocycles. The third-order valence-corrected chi connectivity index (χ3v) is 11.5. The Hall–Kier alpha value is -7.16. The zero-order valence-corrected chi connectivity index (χ0v) is 30.1. The molecule has 11 rings (SSSR count). The molecule has 1 unspecified atom stereocenters. The molecule has 9 aromatic rings. The Bertz CT molecular complexity index is 2900. The maximum atomic E-state index is 6.85. The quantitative estimate of drug-likeness (QED) is 0.177. The molecular weight excluding hydrogens is 667 g/mol. The van der Waals surface area contributed by atoms with Crippen LogP contribution in [-0.4, -0.2) is 0 Å². The molecule has 0 N–H and O–H groups in total. The molecule has 1 aliphatic carbocycles. The van der Waals surface area contributed by atoms with Gasteiger partial charge in [-0.2, -0.15) is 0 Å². The van der Waals surface area contributed by atoms with Gasteiger partial charge in [0.05, 0.1) is 5.41 Å². The highest BCUT2D eigenvalue weighted by molar-refractivity contribution is 5.93. The predicted octanol–water partition coefficient (Wildman–Crippen LogP) is 14.1. The summed E-state index contributed by atoms with van der Waals surface area (Å²) in [4.78, 5) is 2.41. The fourth-order valence-electron chi connectivity index (χ4n) is 9.04. The molecule has 1 atom stereocenters. The Morgan fingerprint density at radius 3 is 1.65 bits per heavy atom. The lowest BCUT2D eigenvalue weighted by Crippen LogP contribution is -2.32. The lowest BCUT2D eigenvalue weighted by atomic mass is 9.66. The number of rotatable bonds is 5. The zero-order chi connectivity index (χ0) is 36.3. The van der Waals surface area contributed by atoms with Crippen molar-refractivity contribution in [1.29, 1.82) is 0 Å². The summed E-state index contributed by atoms with van der Waals surface area (Å²) in [6.45, 7) is 0. The molecule has 2 nitrogen and oxygen atoms in total. The number of nitrogens with zero attached hydrogens (tertiary/aromatic N) is 1. The molecule has 0 amide bonds. The van der Waals surface area contributed by atoms with E-state index in [1.807, 2.05) is 0 Å². The Kier molecular flexibility index (Phi) is 7.11. The monoisotopic (exact) mass is 701 g/mol. The van der Waals surface area contributed by atoms with Crippen LogP contribution in [0.15, 0.2) is 212 Å². The average Bonchev–Trinajstić information content (AvgIpc) is 3.54. The second-order valence-electron chi connectivity index (χ2n) is 14.5. The van der Waals surface area contributed by atoms with Crippen molar-refractivity contribution in [3.05, 3.63) is 235 Å². The Labute approximate surface area is 321 Å². The van der Waals surface area contributed by atoms with E-state index in [-0.39, 0.29) is 0 Å². The van der Waals surface area contributed by atoms with E-state index in [1.54, 1.807) is 0 Å². The van der Waals surface area contributed by atoms with Crippen molar-refractivity contribution in [2.75, 3.05) is 4.90 Å². The number of anilines is 3. The standard InChI is InChI=1S/C53H35NO/c1-3-13-36(14-4-1)39-23-27-42(28-24-39)54(43-29-25-38-17-7-8-18-40(38)33-43)44-30-31-46-45-19-9-10-20-47(45)53(50(46)35-44)48-21-11-12-22-51(48)55-52-34-41(26-32-49(52)53)37-15-5-2-6-16-37/h1-35H. The van der Waals surface area contributed by atoms with E-state index in [9.17, 15) is 0 Å². The highest BCUT2D eigenvalue weighted by Crippen LogP contribution is 2.63. The minimum absolute atomic E-state index is 0.590. The van der Waals surface area contributed by atoms with Crippen LogP contribution in [0.1, 0.15) is 22.3 Å². The summed E-state index contributed by atoms with van der Waals surface area (Å²) in [7, 11) is 0. The maximum Gasteiger partial charge on any atom is 0.132 e. The van der Waals surface area contributed by atoms with Crippen molar-refractivity contribution in [2.45, 2.75) is 5.41 Å². The number of fused-ring (bicyclic) bond motifs is 10. The molecule has 258 valence electrons. The fraction of sp³-hybridized carbons (Fsp3) is 0.0189. The number of ether oxygens (including phenoxy) is 1. The summed E-state index contributed by atoms with van der Waals surface area (Å²) in [5.41, 5.74) is 14.7. The first-order chi connectivity index (χ1) is 27.3. The van der Waals surface area contributed by atoms with Crippen LogP contribution < -0.4 is 9.64 Å². The van der Waals surface area contributed by atoms with Gasteiger partial charge in [-0.05, 0) is 104 Å². The van der Waals surface area contributed by atoms with Gasteiger partial charge in [-0.25, -0.2) is 0 Å². The van der Waals surface area contributed by atoms with Crippen molar-refractivity contribution in [3.63, 3.8) is 0 Å². The summed E-state index contributed by atoms with van der Waals surface area (Å²) in [5, 5.41) is 2.43. The van der Waals surface area contributed by atoms with Crippen LogP contribution in [0.25, 0.3) is 44.2 Å². The van der Waals surface area contributed by atoms with E-state index in [0.29, 0.717) is 0 Å². The number of para-hydroxylation sites is 1. The Balaban J connectivity index is 1.15. The first-order valence-electron chi connectivity index (χ1n) is 18.9. The summed E-state index contributed by atoms with van der Waals surface area (Å²) in [5.74, 6) is 1.77. The lowest BCUT2D eigenvalue weighted by molar-refractivity contribution is 0.436. The van der Waals surface area contributed by atoms with Crippen molar-refractivity contribution >= 4 is 27.8 Å². The topological polar surface area (TPSA) is 12.5 Å². The molecule has 55 heavy (non-hydrogen) atoms. The largest absolute Gasteiger partial charge is 0.457 e. The van der Waals surface area contributed by atoms with Crippen molar-refractivity contribution in [1.82, 2.24) is 0 Å². The van der Waals surface area contributed by atoms with E-state index in [2.05, 4.69) is 217 Å². The normalized spacial score (nSPS) is 14.8. The average molecular weight is 702 g/mol. The van der Waals surface area contributed by atoms with Crippen LogP contribution in [0.5, 0.6) is 11.5 Å². The van der Waals surface area contributed by atoms with Crippen LogP contribution in [0, 0.1) is 0 Å².